The van der Waals surface area contributed by atoms with E-state index in [0.717, 1.165) is 33.2 Å². The Bertz CT molecular complexity index is 1300. The summed E-state index contributed by atoms with van der Waals surface area (Å²) in [5, 5.41) is 0.983. The van der Waals surface area contributed by atoms with E-state index in [1.165, 1.54) is 18.6 Å². The Morgan fingerprint density at radius 2 is 1.71 bits per heavy atom. The van der Waals surface area contributed by atoms with Gasteiger partial charge < -0.3 is 9.88 Å². The molecule has 6 nitrogen and oxygen atoms in total. The maximum absolute atomic E-state index is 13.2. The molecule has 1 amide bonds. The van der Waals surface area contributed by atoms with Gasteiger partial charge in [-0.2, -0.15) is 0 Å². The van der Waals surface area contributed by atoms with Crippen molar-refractivity contribution in [2.24, 2.45) is 0 Å². The second kappa shape index (κ2) is 8.52. The highest BCUT2D eigenvalue weighted by atomic mass is 16.2. The van der Waals surface area contributed by atoms with E-state index in [0.29, 0.717) is 12.1 Å². The van der Waals surface area contributed by atoms with Gasteiger partial charge in [0.25, 0.3) is 11.5 Å². The number of pyridine rings is 1. The van der Waals surface area contributed by atoms with E-state index in [-0.39, 0.29) is 23.7 Å². The summed E-state index contributed by atoms with van der Waals surface area (Å²) in [5.74, 6) is -0.269. The third kappa shape index (κ3) is 4.38. The van der Waals surface area contributed by atoms with Crippen molar-refractivity contribution in [2.45, 2.75) is 33.9 Å². The Balaban J connectivity index is 1.74. The summed E-state index contributed by atoms with van der Waals surface area (Å²) >= 11 is 0. The zero-order chi connectivity index (χ0) is 22.0. The number of amides is 1. The minimum atomic E-state index is -0.269. The van der Waals surface area contributed by atoms with Crippen molar-refractivity contribution in [3.05, 3.63) is 105 Å². The normalized spacial score (nSPS) is 10.9. The van der Waals surface area contributed by atoms with E-state index in [1.807, 2.05) is 63.2 Å². The van der Waals surface area contributed by atoms with Crippen LogP contribution in [-0.4, -0.2) is 25.8 Å². The van der Waals surface area contributed by atoms with Crippen molar-refractivity contribution in [2.75, 3.05) is 0 Å². The van der Waals surface area contributed by atoms with Crippen LogP contribution in [0.2, 0.25) is 0 Å². The first-order valence-corrected chi connectivity index (χ1v) is 10.2. The summed E-state index contributed by atoms with van der Waals surface area (Å²) in [6.45, 7) is 6.53. The molecule has 4 rings (SSSR count). The third-order valence-electron chi connectivity index (χ3n) is 5.45. The van der Waals surface area contributed by atoms with Gasteiger partial charge in [0, 0.05) is 29.9 Å². The van der Waals surface area contributed by atoms with Gasteiger partial charge in [0.15, 0.2) is 0 Å². The number of benzene rings is 2. The Morgan fingerprint density at radius 3 is 2.42 bits per heavy atom. The van der Waals surface area contributed by atoms with E-state index in [1.54, 1.807) is 4.90 Å². The Hall–Kier alpha value is -3.80. The van der Waals surface area contributed by atoms with E-state index in [4.69, 9.17) is 0 Å². The van der Waals surface area contributed by atoms with Crippen molar-refractivity contribution < 1.29 is 4.79 Å². The first-order valence-electron chi connectivity index (χ1n) is 10.2. The predicted molar refractivity (Wildman–Crippen MR) is 121 cm³/mol. The number of aromatic amines is 1. The topological polar surface area (TPSA) is 79.0 Å². The van der Waals surface area contributed by atoms with Crippen LogP contribution in [0, 0.1) is 20.8 Å². The molecule has 0 aliphatic carbocycles. The molecule has 2 aromatic heterocycles. The van der Waals surface area contributed by atoms with Crippen LogP contribution in [0.25, 0.3) is 10.9 Å². The molecule has 0 bridgehead atoms. The zero-order valence-corrected chi connectivity index (χ0v) is 17.8. The number of aryl methyl sites for hydroxylation is 3. The van der Waals surface area contributed by atoms with Gasteiger partial charge in [-0.1, -0.05) is 42.0 Å². The predicted octanol–water partition coefficient (Wildman–Crippen LogP) is 4.09. The van der Waals surface area contributed by atoms with Gasteiger partial charge in [-0.3, -0.25) is 14.6 Å². The van der Waals surface area contributed by atoms with Crippen molar-refractivity contribution in [1.29, 1.82) is 0 Å². The molecule has 0 saturated carbocycles. The molecule has 0 aliphatic rings. The molecule has 0 atom stereocenters. The highest BCUT2D eigenvalue weighted by Gasteiger charge is 2.20. The van der Waals surface area contributed by atoms with Crippen molar-refractivity contribution in [3.63, 3.8) is 0 Å². The molecule has 0 unspecified atom stereocenters. The van der Waals surface area contributed by atoms with Gasteiger partial charge in [0.1, 0.15) is 5.69 Å². The summed E-state index contributed by atoms with van der Waals surface area (Å²) in [6, 6.07) is 13.9. The molecule has 1 N–H and O–H groups in total. The number of nitrogens with zero attached hydrogens (tertiary/aromatic N) is 3. The number of H-pyrrole nitrogens is 1. The van der Waals surface area contributed by atoms with Gasteiger partial charge in [-0.25, -0.2) is 4.98 Å². The molecule has 0 radical (unpaired) electrons. The molecule has 0 aliphatic heterocycles. The first kappa shape index (κ1) is 20.5. The summed E-state index contributed by atoms with van der Waals surface area (Å²) < 4.78 is 0. The quantitative estimate of drug-likeness (QED) is 0.536. The van der Waals surface area contributed by atoms with Crippen LogP contribution in [0.3, 0.4) is 0 Å². The fourth-order valence-electron chi connectivity index (χ4n) is 3.63. The lowest BCUT2D eigenvalue weighted by molar-refractivity contribution is 0.0723. The number of hydrogen-bond acceptors (Lipinski definition) is 4. The maximum atomic E-state index is 13.2. The van der Waals surface area contributed by atoms with Gasteiger partial charge in [0.2, 0.25) is 0 Å². The lowest BCUT2D eigenvalue weighted by Gasteiger charge is -2.23. The summed E-state index contributed by atoms with van der Waals surface area (Å²) in [7, 11) is 0. The molecular formula is C25H24N4O2. The Labute approximate surface area is 180 Å². The zero-order valence-electron chi connectivity index (χ0n) is 17.8. The number of rotatable bonds is 5. The summed E-state index contributed by atoms with van der Waals surface area (Å²) in [6.07, 6.45) is 4.47. The van der Waals surface area contributed by atoms with Crippen LogP contribution in [-0.2, 0) is 13.1 Å². The van der Waals surface area contributed by atoms with Gasteiger partial charge in [-0.05, 0) is 43.5 Å². The molecule has 4 aromatic rings. The summed E-state index contributed by atoms with van der Waals surface area (Å²) in [4.78, 5) is 38.9. The molecular weight excluding hydrogens is 388 g/mol. The van der Waals surface area contributed by atoms with Gasteiger partial charge in [-0.15, -0.1) is 0 Å². The summed E-state index contributed by atoms with van der Waals surface area (Å²) in [5.41, 5.74) is 5.63. The smallest absolute Gasteiger partial charge is 0.274 e. The Kier molecular flexibility index (Phi) is 5.62. The van der Waals surface area contributed by atoms with Crippen molar-refractivity contribution in [1.82, 2.24) is 19.9 Å². The Morgan fingerprint density at radius 1 is 0.968 bits per heavy atom. The molecule has 0 spiro atoms. The molecule has 156 valence electrons. The molecule has 31 heavy (non-hydrogen) atoms. The maximum Gasteiger partial charge on any atom is 0.274 e. The van der Waals surface area contributed by atoms with Crippen molar-refractivity contribution >= 4 is 16.8 Å². The molecule has 0 saturated heterocycles. The number of fused-ring (bicyclic) bond motifs is 1. The van der Waals surface area contributed by atoms with Crippen LogP contribution >= 0.6 is 0 Å². The largest absolute Gasteiger partial charge is 0.328 e. The SMILES string of the molecule is Cc1ccc(CN(Cc2cc3c(C)ccc(C)c3[nH]c2=O)C(=O)c2cnccn2)cc1. The molecule has 0 fully saturated rings. The standard InChI is InChI=1S/C25H24N4O2/c1-16-4-8-19(9-5-16)14-29(25(31)22-13-26-10-11-27-22)15-20-12-21-17(2)6-7-18(3)23(21)28-24(20)30/h4-13H,14-15H2,1-3H3,(H,28,30). The number of aromatic nitrogens is 3. The van der Waals surface area contributed by atoms with E-state index >= 15 is 0 Å². The monoisotopic (exact) mass is 412 g/mol. The van der Waals surface area contributed by atoms with Gasteiger partial charge in [0.05, 0.1) is 18.3 Å². The van der Waals surface area contributed by atoms with Crippen LogP contribution in [0.4, 0.5) is 0 Å². The van der Waals surface area contributed by atoms with Crippen LogP contribution in [0.15, 0.2) is 65.8 Å². The van der Waals surface area contributed by atoms with Crippen LogP contribution in [0.5, 0.6) is 0 Å². The second-order valence-corrected chi connectivity index (χ2v) is 7.85. The van der Waals surface area contributed by atoms with Crippen LogP contribution in [0.1, 0.15) is 38.3 Å². The highest BCUT2D eigenvalue weighted by molar-refractivity contribution is 5.92. The molecule has 2 aromatic carbocycles. The van der Waals surface area contributed by atoms with Crippen LogP contribution < -0.4 is 5.56 Å². The first-order chi connectivity index (χ1) is 14.9. The van der Waals surface area contributed by atoms with E-state index in [9.17, 15) is 9.59 Å². The lowest BCUT2D eigenvalue weighted by atomic mass is 10.0. The average molecular weight is 412 g/mol. The molecule has 2 heterocycles. The second-order valence-electron chi connectivity index (χ2n) is 7.85. The minimum Gasteiger partial charge on any atom is -0.328 e. The minimum absolute atomic E-state index is 0.169. The number of carbonyl (C=O) groups is 1. The van der Waals surface area contributed by atoms with Gasteiger partial charge >= 0.3 is 0 Å². The fraction of sp³-hybridized carbons (Fsp3) is 0.200. The van der Waals surface area contributed by atoms with Crippen molar-refractivity contribution in [3.8, 4) is 0 Å². The average Bonchev–Trinajstić information content (AvgIpc) is 2.78. The molecule has 6 heteroatoms. The third-order valence-corrected chi connectivity index (χ3v) is 5.45. The van der Waals surface area contributed by atoms with E-state index in [2.05, 4.69) is 15.0 Å². The number of hydrogen-bond donors (Lipinski definition) is 1. The fourth-order valence-corrected chi connectivity index (χ4v) is 3.63. The number of nitrogens with one attached hydrogen (secondary N) is 1. The number of carbonyl (C=O) groups excluding carboxylic acids is 1. The lowest BCUT2D eigenvalue weighted by Crippen LogP contribution is -2.33. The van der Waals surface area contributed by atoms with E-state index < -0.39 is 0 Å². The highest BCUT2D eigenvalue weighted by Crippen LogP contribution is 2.21.